The fourth-order valence-electron chi connectivity index (χ4n) is 1.82. The molecule has 1 aromatic heterocycles. The van der Waals surface area contributed by atoms with Crippen molar-refractivity contribution in [2.45, 2.75) is 17.9 Å². The molecule has 1 atom stereocenters. The highest BCUT2D eigenvalue weighted by Gasteiger charge is 2.13. The third-order valence-corrected chi connectivity index (χ3v) is 4.20. The molecule has 22 heavy (non-hydrogen) atoms. The van der Waals surface area contributed by atoms with E-state index in [4.69, 9.17) is 16.7 Å². The van der Waals surface area contributed by atoms with Crippen molar-refractivity contribution in [1.29, 1.82) is 0 Å². The van der Waals surface area contributed by atoms with E-state index in [1.165, 1.54) is 24.4 Å². The molecule has 0 aliphatic heterocycles. The van der Waals surface area contributed by atoms with Gasteiger partial charge in [0.2, 0.25) is 10.0 Å². The van der Waals surface area contributed by atoms with E-state index >= 15 is 0 Å². The molecule has 0 fully saturated rings. The quantitative estimate of drug-likeness (QED) is 0.830. The third kappa shape index (κ3) is 4.03. The van der Waals surface area contributed by atoms with Crippen LogP contribution in [0.5, 0.6) is 0 Å². The number of nitrogens with one attached hydrogen (secondary N) is 1. The predicted molar refractivity (Wildman–Crippen MR) is 82.9 cm³/mol. The van der Waals surface area contributed by atoms with Gasteiger partial charge in [0.05, 0.1) is 16.5 Å². The van der Waals surface area contributed by atoms with Gasteiger partial charge in [0, 0.05) is 6.20 Å². The molecule has 2 aromatic rings. The lowest BCUT2D eigenvalue weighted by Crippen LogP contribution is -2.26. The van der Waals surface area contributed by atoms with E-state index in [2.05, 4.69) is 10.3 Å². The normalized spacial score (nSPS) is 12.7. The predicted octanol–water partition coefficient (Wildman–Crippen LogP) is 1.87. The summed E-state index contributed by atoms with van der Waals surface area (Å²) in [6, 6.07) is 8.80. The van der Waals surface area contributed by atoms with Crippen molar-refractivity contribution >= 4 is 27.5 Å². The number of rotatable bonds is 4. The maximum absolute atomic E-state index is 12.1. The summed E-state index contributed by atoms with van der Waals surface area (Å²) < 4.78 is 22.4. The van der Waals surface area contributed by atoms with Gasteiger partial charge >= 0.3 is 0 Å². The standard InChI is InChI=1S/C14H14ClN3O3S/c1-9(10-2-5-12(6-3-10)22(16,20)21)18-14(19)11-4-7-13(15)17-8-11/h2-9H,1H3,(H,18,19)(H2,16,20,21). The molecule has 0 aliphatic rings. The molecule has 2 rings (SSSR count). The summed E-state index contributed by atoms with van der Waals surface area (Å²) in [6.07, 6.45) is 1.38. The van der Waals surface area contributed by atoms with Crippen LogP contribution < -0.4 is 10.5 Å². The summed E-state index contributed by atoms with van der Waals surface area (Å²) in [6.45, 7) is 1.78. The number of hydrogen-bond donors (Lipinski definition) is 2. The van der Waals surface area contributed by atoms with Crippen LogP contribution in [-0.4, -0.2) is 19.3 Å². The van der Waals surface area contributed by atoms with E-state index in [0.29, 0.717) is 10.7 Å². The SMILES string of the molecule is CC(NC(=O)c1ccc(Cl)nc1)c1ccc(S(N)(=O)=O)cc1. The number of aromatic nitrogens is 1. The zero-order valence-corrected chi connectivity index (χ0v) is 13.2. The smallest absolute Gasteiger partial charge is 0.253 e. The van der Waals surface area contributed by atoms with E-state index in [1.807, 2.05) is 0 Å². The van der Waals surface area contributed by atoms with Crippen molar-refractivity contribution in [1.82, 2.24) is 10.3 Å². The molecule has 1 unspecified atom stereocenters. The van der Waals surface area contributed by atoms with Crippen LogP contribution in [0.2, 0.25) is 5.15 Å². The first-order valence-corrected chi connectivity index (χ1v) is 8.25. The fourth-order valence-corrected chi connectivity index (χ4v) is 2.45. The first-order valence-electron chi connectivity index (χ1n) is 6.32. The van der Waals surface area contributed by atoms with Crippen LogP contribution in [0, 0.1) is 0 Å². The van der Waals surface area contributed by atoms with Crippen LogP contribution in [0.4, 0.5) is 0 Å². The van der Waals surface area contributed by atoms with Crippen LogP contribution in [-0.2, 0) is 10.0 Å². The Hall–Kier alpha value is -1.96. The number of amides is 1. The largest absolute Gasteiger partial charge is 0.345 e. The summed E-state index contributed by atoms with van der Waals surface area (Å²) in [5.74, 6) is -0.299. The summed E-state index contributed by atoms with van der Waals surface area (Å²) in [5.41, 5.74) is 1.14. The molecule has 116 valence electrons. The minimum Gasteiger partial charge on any atom is -0.345 e. The minimum atomic E-state index is -3.72. The Morgan fingerprint density at radius 3 is 2.36 bits per heavy atom. The van der Waals surface area contributed by atoms with Crippen LogP contribution in [0.3, 0.4) is 0 Å². The Morgan fingerprint density at radius 2 is 1.86 bits per heavy atom. The van der Waals surface area contributed by atoms with Crippen molar-refractivity contribution in [3.8, 4) is 0 Å². The van der Waals surface area contributed by atoms with Gasteiger partial charge in [-0.15, -0.1) is 0 Å². The van der Waals surface area contributed by atoms with Crippen molar-refractivity contribution in [3.05, 3.63) is 58.9 Å². The van der Waals surface area contributed by atoms with Gasteiger partial charge in [-0.1, -0.05) is 23.7 Å². The Balaban J connectivity index is 2.10. The number of nitrogens with zero attached hydrogens (tertiary/aromatic N) is 1. The van der Waals surface area contributed by atoms with E-state index in [9.17, 15) is 13.2 Å². The summed E-state index contributed by atoms with van der Waals surface area (Å²) in [5, 5.41) is 8.13. The molecule has 1 heterocycles. The summed E-state index contributed by atoms with van der Waals surface area (Å²) >= 11 is 5.67. The van der Waals surface area contributed by atoms with Crippen molar-refractivity contribution in [3.63, 3.8) is 0 Å². The third-order valence-electron chi connectivity index (χ3n) is 3.05. The lowest BCUT2D eigenvalue weighted by Gasteiger charge is -2.14. The topological polar surface area (TPSA) is 102 Å². The number of carbonyl (C=O) groups is 1. The molecule has 8 heteroatoms. The Labute approximate surface area is 133 Å². The molecule has 1 aromatic carbocycles. The molecule has 0 radical (unpaired) electrons. The average molecular weight is 340 g/mol. The Kier molecular flexibility index (Phi) is 4.80. The molecule has 3 N–H and O–H groups in total. The van der Waals surface area contributed by atoms with E-state index in [-0.39, 0.29) is 16.8 Å². The summed E-state index contributed by atoms with van der Waals surface area (Å²) in [7, 11) is -3.72. The van der Waals surface area contributed by atoms with Crippen LogP contribution in [0.1, 0.15) is 28.9 Å². The number of carbonyl (C=O) groups excluding carboxylic acids is 1. The molecular weight excluding hydrogens is 326 g/mol. The van der Waals surface area contributed by atoms with Crippen molar-refractivity contribution in [2.24, 2.45) is 5.14 Å². The first-order chi connectivity index (χ1) is 10.3. The zero-order chi connectivity index (χ0) is 16.3. The highest BCUT2D eigenvalue weighted by Crippen LogP contribution is 2.16. The number of pyridine rings is 1. The molecule has 0 bridgehead atoms. The number of hydrogen-bond acceptors (Lipinski definition) is 4. The number of sulfonamides is 1. The molecule has 1 amide bonds. The van der Waals surface area contributed by atoms with E-state index in [1.54, 1.807) is 25.1 Å². The molecular formula is C14H14ClN3O3S. The van der Waals surface area contributed by atoms with Crippen molar-refractivity contribution < 1.29 is 13.2 Å². The van der Waals surface area contributed by atoms with Gasteiger partial charge < -0.3 is 5.32 Å². The lowest BCUT2D eigenvalue weighted by atomic mass is 10.1. The van der Waals surface area contributed by atoms with E-state index in [0.717, 1.165) is 5.56 Å². The van der Waals surface area contributed by atoms with Crippen LogP contribution in [0.15, 0.2) is 47.5 Å². The second-order valence-electron chi connectivity index (χ2n) is 4.68. The second-order valence-corrected chi connectivity index (χ2v) is 6.63. The van der Waals surface area contributed by atoms with Gasteiger partial charge in [0.15, 0.2) is 0 Å². The van der Waals surface area contributed by atoms with Gasteiger partial charge in [-0.3, -0.25) is 4.79 Å². The molecule has 0 aliphatic carbocycles. The molecule has 0 saturated heterocycles. The zero-order valence-electron chi connectivity index (χ0n) is 11.7. The number of primary sulfonamides is 1. The molecule has 0 saturated carbocycles. The monoisotopic (exact) mass is 339 g/mol. The van der Waals surface area contributed by atoms with Crippen LogP contribution >= 0.6 is 11.6 Å². The van der Waals surface area contributed by atoms with Gasteiger partial charge in [0.25, 0.3) is 5.91 Å². The average Bonchev–Trinajstić information content (AvgIpc) is 2.47. The van der Waals surface area contributed by atoms with E-state index < -0.39 is 10.0 Å². The Morgan fingerprint density at radius 1 is 1.23 bits per heavy atom. The maximum atomic E-state index is 12.1. The van der Waals surface area contributed by atoms with Gasteiger partial charge in [-0.2, -0.15) is 0 Å². The van der Waals surface area contributed by atoms with Gasteiger partial charge in [0.1, 0.15) is 5.15 Å². The maximum Gasteiger partial charge on any atom is 0.253 e. The lowest BCUT2D eigenvalue weighted by molar-refractivity contribution is 0.0939. The molecule has 0 spiro atoms. The number of halogens is 1. The highest BCUT2D eigenvalue weighted by atomic mass is 35.5. The molecule has 6 nitrogen and oxygen atoms in total. The second kappa shape index (κ2) is 6.43. The Bertz CT molecular complexity index is 774. The highest BCUT2D eigenvalue weighted by molar-refractivity contribution is 7.89. The van der Waals surface area contributed by atoms with Gasteiger partial charge in [-0.05, 0) is 36.8 Å². The number of nitrogens with two attached hydrogens (primary N) is 1. The summed E-state index contributed by atoms with van der Waals surface area (Å²) in [4.78, 5) is 15.9. The van der Waals surface area contributed by atoms with Gasteiger partial charge in [-0.25, -0.2) is 18.5 Å². The van der Waals surface area contributed by atoms with Crippen molar-refractivity contribution in [2.75, 3.05) is 0 Å². The first kappa shape index (κ1) is 16.4. The number of benzene rings is 1. The fraction of sp³-hybridized carbons (Fsp3) is 0.143. The van der Waals surface area contributed by atoms with Crippen LogP contribution in [0.25, 0.3) is 0 Å². The minimum absolute atomic E-state index is 0.0247.